The summed E-state index contributed by atoms with van der Waals surface area (Å²) in [5.74, 6) is -0.139. The van der Waals surface area contributed by atoms with Gasteiger partial charge in [0.25, 0.3) is 5.91 Å². The molecule has 0 atom stereocenters. The molecule has 0 aromatic heterocycles. The van der Waals surface area contributed by atoms with Crippen LogP contribution in [0, 0.1) is 5.92 Å². The van der Waals surface area contributed by atoms with Crippen LogP contribution in [0.1, 0.15) is 36.0 Å². The third-order valence-electron chi connectivity index (χ3n) is 3.96. The van der Waals surface area contributed by atoms with Gasteiger partial charge in [-0.3, -0.25) is 9.59 Å². The highest BCUT2D eigenvalue weighted by atomic mass is 16.5. The van der Waals surface area contributed by atoms with Crippen LogP contribution in [-0.4, -0.2) is 25.0 Å². The predicted molar refractivity (Wildman–Crippen MR) is 79.8 cm³/mol. The number of para-hydroxylation sites is 1. The molecule has 0 aliphatic heterocycles. The fourth-order valence-electron chi connectivity index (χ4n) is 2.75. The van der Waals surface area contributed by atoms with Gasteiger partial charge in [-0.05, 0) is 37.8 Å². The number of nitrogen functional groups attached to an aromatic ring is 1. The second kappa shape index (κ2) is 6.47. The SMILES string of the molecule is COc1c(N)cccc1C(=O)NC1CCC(C(N)=O)CC1. The number of hydrogen-bond donors (Lipinski definition) is 3. The van der Waals surface area contributed by atoms with Crippen molar-refractivity contribution in [3.63, 3.8) is 0 Å². The second-order valence-corrected chi connectivity index (χ2v) is 5.35. The maximum atomic E-state index is 12.3. The first-order valence-corrected chi connectivity index (χ1v) is 7.05. The summed E-state index contributed by atoms with van der Waals surface area (Å²) in [5, 5.41) is 2.97. The minimum absolute atomic E-state index is 0.0548. The van der Waals surface area contributed by atoms with Crippen molar-refractivity contribution in [2.75, 3.05) is 12.8 Å². The maximum absolute atomic E-state index is 12.3. The zero-order chi connectivity index (χ0) is 15.4. The lowest BCUT2D eigenvalue weighted by Gasteiger charge is -2.27. The third kappa shape index (κ3) is 3.45. The van der Waals surface area contributed by atoms with E-state index in [9.17, 15) is 9.59 Å². The van der Waals surface area contributed by atoms with Crippen molar-refractivity contribution in [2.45, 2.75) is 31.7 Å². The third-order valence-corrected chi connectivity index (χ3v) is 3.96. The number of amides is 2. The summed E-state index contributed by atoms with van der Waals surface area (Å²) >= 11 is 0. The van der Waals surface area contributed by atoms with Gasteiger partial charge in [0.15, 0.2) is 5.75 Å². The molecule has 114 valence electrons. The first-order chi connectivity index (χ1) is 10.0. The molecule has 0 radical (unpaired) electrons. The van der Waals surface area contributed by atoms with Crippen LogP contribution in [0.5, 0.6) is 5.75 Å². The first kappa shape index (κ1) is 15.2. The van der Waals surface area contributed by atoms with E-state index in [1.807, 2.05) is 0 Å². The van der Waals surface area contributed by atoms with E-state index in [1.54, 1.807) is 18.2 Å². The Kier molecular flexibility index (Phi) is 4.67. The summed E-state index contributed by atoms with van der Waals surface area (Å²) < 4.78 is 5.19. The lowest BCUT2D eigenvalue weighted by molar-refractivity contribution is -0.122. The minimum Gasteiger partial charge on any atom is -0.494 e. The highest BCUT2D eigenvalue weighted by molar-refractivity contribution is 5.98. The maximum Gasteiger partial charge on any atom is 0.255 e. The Morgan fingerprint density at radius 2 is 1.90 bits per heavy atom. The number of carbonyl (C=O) groups excluding carboxylic acids is 2. The normalized spacial score (nSPS) is 21.6. The number of carbonyl (C=O) groups is 2. The minimum atomic E-state index is -0.253. The average Bonchev–Trinajstić information content (AvgIpc) is 2.47. The van der Waals surface area contributed by atoms with Crippen molar-refractivity contribution in [1.82, 2.24) is 5.32 Å². The number of methoxy groups -OCH3 is 1. The van der Waals surface area contributed by atoms with E-state index in [0.717, 1.165) is 12.8 Å². The van der Waals surface area contributed by atoms with Crippen LogP contribution in [0.25, 0.3) is 0 Å². The van der Waals surface area contributed by atoms with Gasteiger partial charge in [-0.1, -0.05) is 6.07 Å². The van der Waals surface area contributed by atoms with E-state index >= 15 is 0 Å². The second-order valence-electron chi connectivity index (χ2n) is 5.35. The van der Waals surface area contributed by atoms with E-state index in [-0.39, 0.29) is 23.8 Å². The molecule has 0 heterocycles. The van der Waals surface area contributed by atoms with Gasteiger partial charge in [0.05, 0.1) is 18.4 Å². The van der Waals surface area contributed by atoms with Gasteiger partial charge in [0.1, 0.15) is 0 Å². The molecule has 1 saturated carbocycles. The molecule has 1 aliphatic carbocycles. The summed E-state index contributed by atoms with van der Waals surface area (Å²) in [6.45, 7) is 0. The molecule has 0 spiro atoms. The molecule has 2 rings (SSSR count). The largest absolute Gasteiger partial charge is 0.494 e. The molecule has 5 N–H and O–H groups in total. The Bertz CT molecular complexity index is 537. The predicted octanol–water partition coefficient (Wildman–Crippen LogP) is 1.05. The molecule has 0 saturated heterocycles. The molecule has 6 nitrogen and oxygen atoms in total. The Morgan fingerprint density at radius 3 is 2.48 bits per heavy atom. The molecule has 1 aromatic rings. The topological polar surface area (TPSA) is 107 Å². The van der Waals surface area contributed by atoms with Gasteiger partial charge in [-0.15, -0.1) is 0 Å². The van der Waals surface area contributed by atoms with Gasteiger partial charge in [-0.25, -0.2) is 0 Å². The van der Waals surface area contributed by atoms with Crippen molar-refractivity contribution in [1.29, 1.82) is 0 Å². The number of primary amides is 1. The van der Waals surface area contributed by atoms with E-state index in [4.69, 9.17) is 16.2 Å². The molecule has 2 amide bonds. The number of nitrogens with two attached hydrogens (primary N) is 2. The number of benzene rings is 1. The fraction of sp³-hybridized carbons (Fsp3) is 0.467. The van der Waals surface area contributed by atoms with Crippen molar-refractivity contribution < 1.29 is 14.3 Å². The van der Waals surface area contributed by atoms with E-state index < -0.39 is 0 Å². The summed E-state index contributed by atoms with van der Waals surface area (Å²) in [4.78, 5) is 23.5. The number of rotatable bonds is 4. The first-order valence-electron chi connectivity index (χ1n) is 7.05. The van der Waals surface area contributed by atoms with E-state index in [0.29, 0.717) is 29.8 Å². The van der Waals surface area contributed by atoms with Crippen molar-refractivity contribution in [3.8, 4) is 5.75 Å². The van der Waals surface area contributed by atoms with Gasteiger partial charge in [0, 0.05) is 12.0 Å². The van der Waals surface area contributed by atoms with Crippen LogP contribution in [-0.2, 0) is 4.79 Å². The average molecular weight is 291 g/mol. The highest BCUT2D eigenvalue weighted by Gasteiger charge is 2.26. The zero-order valence-electron chi connectivity index (χ0n) is 12.1. The van der Waals surface area contributed by atoms with Crippen LogP contribution in [0.2, 0.25) is 0 Å². The van der Waals surface area contributed by atoms with Gasteiger partial charge >= 0.3 is 0 Å². The number of hydrogen-bond acceptors (Lipinski definition) is 4. The summed E-state index contributed by atoms with van der Waals surface area (Å²) in [6, 6.07) is 5.14. The number of anilines is 1. The van der Waals surface area contributed by atoms with Crippen LogP contribution >= 0.6 is 0 Å². The molecule has 0 unspecified atom stereocenters. The van der Waals surface area contributed by atoms with Crippen LogP contribution < -0.4 is 21.5 Å². The highest BCUT2D eigenvalue weighted by Crippen LogP contribution is 2.27. The van der Waals surface area contributed by atoms with E-state index in [1.165, 1.54) is 7.11 Å². The van der Waals surface area contributed by atoms with Crippen molar-refractivity contribution >= 4 is 17.5 Å². The Morgan fingerprint density at radius 1 is 1.24 bits per heavy atom. The monoisotopic (exact) mass is 291 g/mol. The molecule has 1 aliphatic rings. The molecule has 1 fully saturated rings. The standard InChI is InChI=1S/C15H21N3O3/c1-21-13-11(3-2-4-12(13)16)15(20)18-10-7-5-9(6-8-10)14(17)19/h2-4,9-10H,5-8,16H2,1H3,(H2,17,19)(H,18,20). The number of ether oxygens (including phenoxy) is 1. The summed E-state index contributed by atoms with van der Waals surface area (Å²) in [7, 11) is 1.49. The molecule has 6 heteroatoms. The van der Waals surface area contributed by atoms with Crippen LogP contribution in [0.4, 0.5) is 5.69 Å². The van der Waals surface area contributed by atoms with Gasteiger partial charge in [0.2, 0.25) is 5.91 Å². The van der Waals surface area contributed by atoms with Crippen LogP contribution in [0.3, 0.4) is 0 Å². The quantitative estimate of drug-likeness (QED) is 0.721. The number of nitrogens with one attached hydrogen (secondary N) is 1. The lowest BCUT2D eigenvalue weighted by atomic mass is 9.85. The Balaban J connectivity index is 2.00. The summed E-state index contributed by atoms with van der Waals surface area (Å²) in [6.07, 6.45) is 2.94. The van der Waals surface area contributed by atoms with Crippen molar-refractivity contribution in [2.24, 2.45) is 11.7 Å². The molecular weight excluding hydrogens is 270 g/mol. The molecule has 1 aromatic carbocycles. The lowest BCUT2D eigenvalue weighted by Crippen LogP contribution is -2.39. The van der Waals surface area contributed by atoms with Gasteiger partial charge < -0.3 is 21.5 Å². The zero-order valence-corrected chi connectivity index (χ0v) is 12.1. The molecule has 21 heavy (non-hydrogen) atoms. The van der Waals surface area contributed by atoms with Crippen molar-refractivity contribution in [3.05, 3.63) is 23.8 Å². The smallest absolute Gasteiger partial charge is 0.255 e. The van der Waals surface area contributed by atoms with Gasteiger partial charge in [-0.2, -0.15) is 0 Å². The molecular formula is C15H21N3O3. The Hall–Kier alpha value is -2.24. The fourth-order valence-corrected chi connectivity index (χ4v) is 2.75. The Labute approximate surface area is 123 Å². The molecule has 0 bridgehead atoms. The van der Waals surface area contributed by atoms with Crippen LogP contribution in [0.15, 0.2) is 18.2 Å². The van der Waals surface area contributed by atoms with E-state index in [2.05, 4.69) is 5.32 Å². The summed E-state index contributed by atoms with van der Waals surface area (Å²) in [5.41, 5.74) is 12.0.